The molecule has 1 N–H and O–H groups in total. The van der Waals surface area contributed by atoms with E-state index in [4.69, 9.17) is 4.74 Å². The predicted molar refractivity (Wildman–Crippen MR) is 105 cm³/mol. The lowest BCUT2D eigenvalue weighted by atomic mass is 10.1. The Labute approximate surface area is 161 Å². The molecule has 0 aliphatic carbocycles. The fraction of sp³-hybridized carbons (Fsp3) is 0.619. The fourth-order valence-corrected chi connectivity index (χ4v) is 3.71. The number of ether oxygens (including phenoxy) is 1. The van der Waals surface area contributed by atoms with Crippen LogP contribution in [0.15, 0.2) is 24.3 Å². The first-order valence-electron chi connectivity index (χ1n) is 10.2. The Kier molecular flexibility index (Phi) is 7.51. The van der Waals surface area contributed by atoms with Crippen molar-refractivity contribution in [2.75, 3.05) is 39.3 Å². The number of likely N-dealkylation sites (tertiary alicyclic amines) is 2. The highest BCUT2D eigenvalue weighted by molar-refractivity contribution is 5.78. The van der Waals surface area contributed by atoms with E-state index in [-0.39, 0.29) is 18.4 Å². The maximum absolute atomic E-state index is 12.2. The largest absolute Gasteiger partial charge is 0.483 e. The van der Waals surface area contributed by atoms with Crippen LogP contribution in [0.1, 0.15) is 44.1 Å². The van der Waals surface area contributed by atoms with E-state index in [0.29, 0.717) is 19.5 Å². The van der Waals surface area contributed by atoms with E-state index in [1.807, 2.05) is 34.1 Å². The molecule has 0 spiro atoms. The van der Waals surface area contributed by atoms with Crippen LogP contribution in [0.3, 0.4) is 0 Å². The molecule has 2 fully saturated rings. The second-order valence-electron chi connectivity index (χ2n) is 7.35. The van der Waals surface area contributed by atoms with Gasteiger partial charge in [-0.3, -0.25) is 9.59 Å². The van der Waals surface area contributed by atoms with E-state index < -0.39 is 0 Å². The van der Waals surface area contributed by atoms with Gasteiger partial charge in [-0.25, -0.2) is 0 Å². The standard InChI is InChI=1S/C21H31N3O3/c25-20(23-12-4-1-5-13-23)10-11-22-16-18-8-2-3-9-19(18)27-17-21(26)24-14-6-7-15-24/h2-3,8-9,22H,1,4-7,10-17H2. The summed E-state index contributed by atoms with van der Waals surface area (Å²) in [5.41, 5.74) is 1.01. The third-order valence-electron chi connectivity index (χ3n) is 5.32. The van der Waals surface area contributed by atoms with Gasteiger partial charge in [0.1, 0.15) is 5.75 Å². The summed E-state index contributed by atoms with van der Waals surface area (Å²) in [5, 5.41) is 3.33. The van der Waals surface area contributed by atoms with Crippen LogP contribution in [0.2, 0.25) is 0 Å². The van der Waals surface area contributed by atoms with Gasteiger partial charge in [-0.1, -0.05) is 18.2 Å². The molecule has 1 aromatic carbocycles. The van der Waals surface area contributed by atoms with Crippen molar-refractivity contribution >= 4 is 11.8 Å². The Morgan fingerprint density at radius 2 is 1.52 bits per heavy atom. The minimum absolute atomic E-state index is 0.0578. The SMILES string of the molecule is O=C(CCNCc1ccccc1OCC(=O)N1CCCC1)N1CCCCC1. The fourth-order valence-electron chi connectivity index (χ4n) is 3.71. The number of piperidine rings is 1. The van der Waals surface area contributed by atoms with Crippen LogP contribution in [-0.2, 0) is 16.1 Å². The van der Waals surface area contributed by atoms with Crippen molar-refractivity contribution in [3.05, 3.63) is 29.8 Å². The summed E-state index contributed by atoms with van der Waals surface area (Å²) in [6.45, 7) is 4.86. The molecule has 1 aromatic rings. The molecule has 0 unspecified atom stereocenters. The van der Waals surface area contributed by atoms with Crippen molar-refractivity contribution in [1.82, 2.24) is 15.1 Å². The average Bonchev–Trinajstić information content (AvgIpc) is 3.25. The van der Waals surface area contributed by atoms with Gasteiger partial charge in [-0.2, -0.15) is 0 Å². The molecule has 0 atom stereocenters. The van der Waals surface area contributed by atoms with Gasteiger partial charge in [0.15, 0.2) is 6.61 Å². The van der Waals surface area contributed by atoms with E-state index >= 15 is 0 Å². The molecule has 2 saturated heterocycles. The molecule has 2 amide bonds. The first-order valence-corrected chi connectivity index (χ1v) is 10.2. The van der Waals surface area contributed by atoms with Crippen molar-refractivity contribution in [3.8, 4) is 5.75 Å². The first kappa shape index (κ1) is 19.7. The molecule has 2 aliphatic rings. The highest BCUT2D eigenvalue weighted by Gasteiger charge is 2.19. The zero-order valence-corrected chi connectivity index (χ0v) is 16.1. The van der Waals surface area contributed by atoms with Crippen LogP contribution >= 0.6 is 0 Å². The lowest BCUT2D eigenvalue weighted by Gasteiger charge is -2.26. The molecule has 148 valence electrons. The van der Waals surface area contributed by atoms with E-state index in [1.54, 1.807) is 0 Å². The van der Waals surface area contributed by atoms with Crippen LogP contribution in [0, 0.1) is 0 Å². The van der Waals surface area contributed by atoms with Crippen molar-refractivity contribution < 1.29 is 14.3 Å². The molecule has 0 radical (unpaired) electrons. The molecule has 6 heteroatoms. The average molecular weight is 373 g/mol. The molecular weight excluding hydrogens is 342 g/mol. The number of nitrogens with zero attached hydrogens (tertiary/aromatic N) is 2. The number of para-hydroxylation sites is 1. The zero-order valence-electron chi connectivity index (χ0n) is 16.1. The number of hydrogen-bond acceptors (Lipinski definition) is 4. The minimum Gasteiger partial charge on any atom is -0.483 e. The first-order chi connectivity index (χ1) is 13.2. The summed E-state index contributed by atoms with van der Waals surface area (Å²) in [6, 6.07) is 7.77. The van der Waals surface area contributed by atoms with Gasteiger partial charge in [0.25, 0.3) is 5.91 Å². The number of carbonyl (C=O) groups is 2. The molecule has 2 heterocycles. The van der Waals surface area contributed by atoms with E-state index in [1.165, 1.54) is 6.42 Å². The summed E-state index contributed by atoms with van der Waals surface area (Å²) in [4.78, 5) is 28.2. The van der Waals surface area contributed by atoms with Gasteiger partial charge < -0.3 is 19.9 Å². The lowest BCUT2D eigenvalue weighted by molar-refractivity contribution is -0.132. The molecular formula is C21H31N3O3. The third kappa shape index (κ3) is 5.96. The maximum Gasteiger partial charge on any atom is 0.260 e. The van der Waals surface area contributed by atoms with E-state index in [0.717, 1.165) is 63.2 Å². The second-order valence-corrected chi connectivity index (χ2v) is 7.35. The summed E-state index contributed by atoms with van der Waals surface area (Å²) in [5.74, 6) is 1.03. The Morgan fingerprint density at radius 3 is 2.26 bits per heavy atom. The maximum atomic E-state index is 12.2. The Hall–Kier alpha value is -2.08. The van der Waals surface area contributed by atoms with Gasteiger partial charge in [-0.15, -0.1) is 0 Å². The second kappa shape index (κ2) is 10.3. The number of nitrogens with one attached hydrogen (secondary N) is 1. The topological polar surface area (TPSA) is 61.9 Å². The van der Waals surface area contributed by atoms with Crippen molar-refractivity contribution in [2.24, 2.45) is 0 Å². The van der Waals surface area contributed by atoms with Gasteiger partial charge >= 0.3 is 0 Å². The quantitative estimate of drug-likeness (QED) is 0.710. The summed E-state index contributed by atoms with van der Waals surface area (Å²) < 4.78 is 5.78. The molecule has 0 aromatic heterocycles. The monoisotopic (exact) mass is 373 g/mol. The van der Waals surface area contributed by atoms with Gasteiger partial charge in [0.05, 0.1) is 0 Å². The zero-order chi connectivity index (χ0) is 18.9. The Balaban J connectivity index is 1.40. The van der Waals surface area contributed by atoms with Crippen LogP contribution in [0.4, 0.5) is 0 Å². The van der Waals surface area contributed by atoms with Gasteiger partial charge in [0, 0.05) is 51.3 Å². The van der Waals surface area contributed by atoms with Crippen LogP contribution in [0.5, 0.6) is 5.75 Å². The molecule has 0 saturated carbocycles. The van der Waals surface area contributed by atoms with Crippen molar-refractivity contribution in [3.63, 3.8) is 0 Å². The predicted octanol–water partition coefficient (Wildman–Crippen LogP) is 2.18. The summed E-state index contributed by atoms with van der Waals surface area (Å²) in [7, 11) is 0. The molecule has 2 aliphatic heterocycles. The van der Waals surface area contributed by atoms with E-state index in [9.17, 15) is 9.59 Å². The van der Waals surface area contributed by atoms with Crippen molar-refractivity contribution in [1.29, 1.82) is 0 Å². The summed E-state index contributed by atoms with van der Waals surface area (Å²) >= 11 is 0. The highest BCUT2D eigenvalue weighted by Crippen LogP contribution is 2.18. The van der Waals surface area contributed by atoms with E-state index in [2.05, 4.69) is 5.32 Å². The van der Waals surface area contributed by atoms with Crippen molar-refractivity contribution in [2.45, 2.75) is 45.1 Å². The number of rotatable bonds is 8. The minimum atomic E-state index is 0.0578. The molecule has 6 nitrogen and oxygen atoms in total. The number of carbonyl (C=O) groups excluding carboxylic acids is 2. The van der Waals surface area contributed by atoms with Gasteiger partial charge in [-0.05, 0) is 38.2 Å². The lowest BCUT2D eigenvalue weighted by Crippen LogP contribution is -2.37. The summed E-state index contributed by atoms with van der Waals surface area (Å²) in [6.07, 6.45) is 6.18. The number of benzene rings is 1. The third-order valence-corrected chi connectivity index (χ3v) is 5.32. The number of amides is 2. The normalized spacial score (nSPS) is 17.2. The van der Waals surface area contributed by atoms with Crippen LogP contribution in [-0.4, -0.2) is 60.9 Å². The Bertz CT molecular complexity index is 623. The molecule has 3 rings (SSSR count). The molecule has 0 bridgehead atoms. The Morgan fingerprint density at radius 1 is 0.889 bits per heavy atom. The smallest absolute Gasteiger partial charge is 0.260 e. The van der Waals surface area contributed by atoms with Crippen LogP contribution in [0.25, 0.3) is 0 Å². The molecule has 27 heavy (non-hydrogen) atoms. The number of hydrogen-bond donors (Lipinski definition) is 1. The van der Waals surface area contributed by atoms with Gasteiger partial charge in [0.2, 0.25) is 5.91 Å². The van der Waals surface area contributed by atoms with Crippen LogP contribution < -0.4 is 10.1 Å². The highest BCUT2D eigenvalue weighted by atomic mass is 16.5.